The van der Waals surface area contributed by atoms with Crippen molar-refractivity contribution < 1.29 is 28.8 Å². The summed E-state index contributed by atoms with van der Waals surface area (Å²) in [5, 5.41) is 2.96. The van der Waals surface area contributed by atoms with Gasteiger partial charge < -0.3 is 10.2 Å². The average Bonchev–Trinajstić information content (AvgIpc) is 3.41. The summed E-state index contributed by atoms with van der Waals surface area (Å²) in [4.78, 5) is 66.6. The van der Waals surface area contributed by atoms with Gasteiger partial charge in [0.25, 0.3) is 17.7 Å². The molecule has 1 unspecified atom stereocenters. The second kappa shape index (κ2) is 5.38. The molecule has 1 aromatic carbocycles. The highest BCUT2D eigenvalue weighted by Gasteiger charge is 2.56. The molecule has 2 aliphatic heterocycles. The highest BCUT2D eigenvalue weighted by Crippen LogP contribution is 2.42. The number of amides is 5. The minimum absolute atomic E-state index is 0.0520. The number of fused-ring (bicyclic) bond motifs is 1. The molecule has 1 N–H and O–H groups in total. The lowest BCUT2D eigenvalue weighted by molar-refractivity contribution is -0.170. The maximum Gasteiger partial charge on any atom is 0.353 e. The van der Waals surface area contributed by atoms with Crippen molar-refractivity contribution in [3.8, 4) is 0 Å². The third-order valence-electron chi connectivity index (χ3n) is 4.93. The molecule has 1 saturated carbocycles. The molecule has 9 heteroatoms. The van der Waals surface area contributed by atoms with Gasteiger partial charge in [-0.2, -0.15) is 0 Å². The molecular weight excluding hydrogens is 342 g/mol. The molecule has 134 valence electrons. The summed E-state index contributed by atoms with van der Waals surface area (Å²) in [6.45, 7) is 0.945. The summed E-state index contributed by atoms with van der Waals surface area (Å²) < 4.78 is 0. The Hall–Kier alpha value is -3.23. The normalized spacial score (nSPS) is 24.8. The van der Waals surface area contributed by atoms with E-state index < -0.39 is 41.8 Å². The van der Waals surface area contributed by atoms with E-state index in [1.54, 1.807) is 19.1 Å². The molecule has 1 aromatic rings. The van der Waals surface area contributed by atoms with Gasteiger partial charge in [0.05, 0.1) is 11.1 Å². The first kappa shape index (κ1) is 16.2. The summed E-state index contributed by atoms with van der Waals surface area (Å²) in [5.74, 6) is -3.04. The summed E-state index contributed by atoms with van der Waals surface area (Å²) in [7, 11) is 0. The maximum absolute atomic E-state index is 12.5. The Morgan fingerprint density at radius 1 is 1.15 bits per heavy atom. The molecule has 1 atom stereocenters. The van der Waals surface area contributed by atoms with Crippen molar-refractivity contribution >= 4 is 29.7 Å². The van der Waals surface area contributed by atoms with Crippen LogP contribution in [0.2, 0.25) is 0 Å². The second-order valence-electron chi connectivity index (χ2n) is 6.71. The molecule has 0 aromatic heterocycles. The van der Waals surface area contributed by atoms with Crippen LogP contribution in [0.15, 0.2) is 24.3 Å². The maximum atomic E-state index is 12.5. The number of nitrogens with one attached hydrogen (secondary N) is 1. The zero-order valence-corrected chi connectivity index (χ0v) is 13.9. The number of imide groups is 2. The monoisotopic (exact) mass is 357 g/mol. The van der Waals surface area contributed by atoms with Crippen LogP contribution in [0.1, 0.15) is 40.5 Å². The SMILES string of the molecule is CC1(C2CC2)NC(=O)N(CC(=O)ON2C(=O)c3ccccc3C2=O)C1=O. The number of hydroxylamine groups is 2. The summed E-state index contributed by atoms with van der Waals surface area (Å²) in [6, 6.07) is 5.37. The number of carbonyl (C=O) groups excluding carboxylic acids is 5. The fourth-order valence-electron chi connectivity index (χ4n) is 3.31. The van der Waals surface area contributed by atoms with Gasteiger partial charge in [0.2, 0.25) is 0 Å². The molecule has 2 fully saturated rings. The van der Waals surface area contributed by atoms with E-state index in [0.29, 0.717) is 5.06 Å². The molecule has 0 bridgehead atoms. The van der Waals surface area contributed by atoms with E-state index in [1.807, 2.05) is 0 Å². The van der Waals surface area contributed by atoms with Crippen LogP contribution in [-0.2, 0) is 14.4 Å². The van der Waals surface area contributed by atoms with Gasteiger partial charge >= 0.3 is 12.0 Å². The number of nitrogens with zero attached hydrogens (tertiary/aromatic N) is 2. The summed E-state index contributed by atoms with van der Waals surface area (Å²) in [5.41, 5.74) is -0.768. The van der Waals surface area contributed by atoms with Crippen LogP contribution in [0.5, 0.6) is 0 Å². The Morgan fingerprint density at radius 2 is 1.73 bits per heavy atom. The molecule has 26 heavy (non-hydrogen) atoms. The van der Waals surface area contributed by atoms with Gasteiger partial charge in [-0.3, -0.25) is 19.3 Å². The van der Waals surface area contributed by atoms with Crippen molar-refractivity contribution in [2.45, 2.75) is 25.3 Å². The Bertz CT molecular complexity index is 842. The molecule has 0 radical (unpaired) electrons. The molecule has 5 amide bonds. The first-order chi connectivity index (χ1) is 12.3. The average molecular weight is 357 g/mol. The Morgan fingerprint density at radius 3 is 2.27 bits per heavy atom. The third kappa shape index (κ3) is 2.27. The molecule has 1 saturated heterocycles. The lowest BCUT2D eigenvalue weighted by Gasteiger charge is -2.21. The van der Waals surface area contributed by atoms with Gasteiger partial charge in [0.15, 0.2) is 0 Å². The number of rotatable bonds is 4. The predicted molar refractivity (Wildman–Crippen MR) is 84.4 cm³/mol. The zero-order chi connectivity index (χ0) is 18.6. The fourth-order valence-corrected chi connectivity index (χ4v) is 3.31. The highest BCUT2D eigenvalue weighted by molar-refractivity contribution is 6.21. The van der Waals surface area contributed by atoms with Gasteiger partial charge in [0, 0.05) is 0 Å². The number of urea groups is 1. The van der Waals surface area contributed by atoms with E-state index in [1.165, 1.54) is 12.1 Å². The van der Waals surface area contributed by atoms with Crippen molar-refractivity contribution in [1.29, 1.82) is 0 Å². The third-order valence-corrected chi connectivity index (χ3v) is 4.93. The van der Waals surface area contributed by atoms with Gasteiger partial charge in [-0.05, 0) is 37.8 Å². The highest BCUT2D eigenvalue weighted by atomic mass is 16.7. The minimum Gasteiger partial charge on any atom is -0.328 e. The van der Waals surface area contributed by atoms with Crippen LogP contribution < -0.4 is 5.32 Å². The summed E-state index contributed by atoms with van der Waals surface area (Å²) >= 11 is 0. The van der Waals surface area contributed by atoms with Gasteiger partial charge in [-0.1, -0.05) is 17.2 Å². The van der Waals surface area contributed by atoms with Gasteiger partial charge in [-0.15, -0.1) is 0 Å². The molecule has 0 spiro atoms. The lowest BCUT2D eigenvalue weighted by Crippen LogP contribution is -2.46. The van der Waals surface area contributed by atoms with E-state index in [9.17, 15) is 24.0 Å². The second-order valence-corrected chi connectivity index (χ2v) is 6.71. The first-order valence-electron chi connectivity index (χ1n) is 8.15. The predicted octanol–water partition coefficient (Wildman–Crippen LogP) is 0.461. The van der Waals surface area contributed by atoms with Crippen LogP contribution >= 0.6 is 0 Å². The van der Waals surface area contributed by atoms with Crippen LogP contribution in [0, 0.1) is 5.92 Å². The Kier molecular flexibility index (Phi) is 3.36. The first-order valence-corrected chi connectivity index (χ1v) is 8.15. The molecule has 1 aliphatic carbocycles. The van der Waals surface area contributed by atoms with Crippen LogP contribution in [0.3, 0.4) is 0 Å². The van der Waals surface area contributed by atoms with Gasteiger partial charge in [0.1, 0.15) is 12.1 Å². The molecule has 2 heterocycles. The Labute approximate surface area is 147 Å². The van der Waals surface area contributed by atoms with Crippen LogP contribution in [-0.4, -0.2) is 51.8 Å². The van der Waals surface area contributed by atoms with Crippen LogP contribution in [0.4, 0.5) is 4.79 Å². The van der Waals surface area contributed by atoms with Crippen molar-refractivity contribution in [2.75, 3.05) is 6.54 Å². The largest absolute Gasteiger partial charge is 0.353 e. The standard InChI is InChI=1S/C17H15N3O6/c1-17(9-6-7-9)15(24)19(16(25)18-17)8-12(21)26-20-13(22)10-4-2-3-5-11(10)14(20)23/h2-5,9H,6-8H2,1H3,(H,18,25). The fraction of sp³-hybridized carbons (Fsp3) is 0.353. The van der Waals surface area contributed by atoms with Crippen molar-refractivity contribution in [3.63, 3.8) is 0 Å². The number of carbonyl (C=O) groups is 5. The van der Waals surface area contributed by atoms with E-state index in [4.69, 9.17) is 4.84 Å². The van der Waals surface area contributed by atoms with Gasteiger partial charge in [-0.25, -0.2) is 9.59 Å². The van der Waals surface area contributed by atoms with E-state index in [0.717, 1.165) is 17.7 Å². The minimum atomic E-state index is -1.05. The van der Waals surface area contributed by atoms with E-state index in [2.05, 4.69) is 5.32 Å². The smallest absolute Gasteiger partial charge is 0.328 e. The number of hydrogen-bond acceptors (Lipinski definition) is 6. The van der Waals surface area contributed by atoms with Crippen molar-refractivity contribution in [1.82, 2.24) is 15.3 Å². The quantitative estimate of drug-likeness (QED) is 0.619. The van der Waals surface area contributed by atoms with E-state index in [-0.39, 0.29) is 17.0 Å². The lowest BCUT2D eigenvalue weighted by atomic mass is 9.96. The van der Waals surface area contributed by atoms with E-state index >= 15 is 0 Å². The number of hydrogen-bond donors (Lipinski definition) is 1. The zero-order valence-electron chi connectivity index (χ0n) is 13.9. The van der Waals surface area contributed by atoms with Crippen molar-refractivity contribution in [3.05, 3.63) is 35.4 Å². The summed E-state index contributed by atoms with van der Waals surface area (Å²) in [6.07, 6.45) is 1.66. The molecule has 4 rings (SSSR count). The number of benzene rings is 1. The van der Waals surface area contributed by atoms with Crippen molar-refractivity contribution in [2.24, 2.45) is 5.92 Å². The molecule has 3 aliphatic rings. The van der Waals surface area contributed by atoms with Crippen LogP contribution in [0.25, 0.3) is 0 Å². The Balaban J connectivity index is 1.45. The topological polar surface area (TPSA) is 113 Å². The molecular formula is C17H15N3O6. The molecule has 9 nitrogen and oxygen atoms in total.